The zero-order chi connectivity index (χ0) is 23.4. The summed E-state index contributed by atoms with van der Waals surface area (Å²) in [4.78, 5) is 16.8. The number of ether oxygens (including phenoxy) is 2. The molecule has 7 rings (SSSR count). The maximum atomic E-state index is 13.0. The van der Waals surface area contributed by atoms with E-state index in [1.807, 2.05) is 33.8 Å². The molecule has 0 amide bonds. The molecule has 1 N–H and O–H groups in total. The number of benzene rings is 1. The average molecular weight is 466 g/mol. The van der Waals surface area contributed by atoms with Gasteiger partial charge in [-0.1, -0.05) is 39.0 Å². The Kier molecular flexibility index (Phi) is 4.50. The highest BCUT2D eigenvalue weighted by Gasteiger charge is 2.70. The molecule has 2 saturated carbocycles. The molecule has 5 unspecified atom stereocenters. The van der Waals surface area contributed by atoms with Gasteiger partial charge in [0.05, 0.1) is 0 Å². The van der Waals surface area contributed by atoms with Gasteiger partial charge in [0.1, 0.15) is 5.60 Å². The van der Waals surface area contributed by atoms with Crippen LogP contribution in [-0.4, -0.2) is 33.0 Å². The molecule has 1 aromatic heterocycles. The van der Waals surface area contributed by atoms with Gasteiger partial charge in [-0.05, 0) is 68.7 Å². The third kappa shape index (κ3) is 2.49. The van der Waals surface area contributed by atoms with Crippen LogP contribution in [0, 0.1) is 11.8 Å². The molecule has 4 nitrogen and oxygen atoms in total. The lowest BCUT2D eigenvalue weighted by molar-refractivity contribution is -0.188. The number of carbonyl (C=O) groups is 1. The number of carbonyl (C=O) groups excluding carboxylic acids is 1. The Hall–Kier alpha value is -1.56. The summed E-state index contributed by atoms with van der Waals surface area (Å²) < 4.78 is 12.7. The Morgan fingerprint density at radius 1 is 1.09 bits per heavy atom. The van der Waals surface area contributed by atoms with Crippen LogP contribution in [0.5, 0.6) is 0 Å². The molecule has 5 aliphatic rings. The number of fused-ring (bicyclic) bond motifs is 9. The lowest BCUT2D eigenvalue weighted by Gasteiger charge is -2.60. The summed E-state index contributed by atoms with van der Waals surface area (Å²) in [5, 5.41) is 1.35. The van der Waals surface area contributed by atoms with Crippen molar-refractivity contribution in [3.8, 4) is 0 Å². The van der Waals surface area contributed by atoms with Crippen molar-refractivity contribution in [2.24, 2.45) is 11.8 Å². The minimum absolute atomic E-state index is 0.0516. The van der Waals surface area contributed by atoms with Gasteiger partial charge in [0.2, 0.25) is 0 Å². The van der Waals surface area contributed by atoms with E-state index in [2.05, 4.69) is 36.2 Å². The Morgan fingerprint density at radius 3 is 2.64 bits per heavy atom. The quantitative estimate of drug-likeness (QED) is 0.477. The van der Waals surface area contributed by atoms with Crippen LogP contribution in [0.1, 0.15) is 71.6 Å². The van der Waals surface area contributed by atoms with Crippen molar-refractivity contribution in [3.05, 3.63) is 47.2 Å². The summed E-state index contributed by atoms with van der Waals surface area (Å²) in [6, 6.07) is 8.66. The van der Waals surface area contributed by atoms with E-state index in [9.17, 15) is 4.79 Å². The first-order valence-electron chi connectivity index (χ1n) is 12.7. The molecule has 5 heteroatoms. The van der Waals surface area contributed by atoms with Crippen LogP contribution in [0.2, 0.25) is 0 Å². The summed E-state index contributed by atoms with van der Waals surface area (Å²) in [6.07, 6.45) is 6.32. The molecule has 1 saturated heterocycles. The van der Waals surface area contributed by atoms with Gasteiger partial charge in [0.15, 0.2) is 17.7 Å². The fraction of sp³-hybridized carbons (Fsp3) is 0.607. The van der Waals surface area contributed by atoms with Crippen LogP contribution in [0.3, 0.4) is 0 Å². The van der Waals surface area contributed by atoms with Crippen LogP contribution in [0.15, 0.2) is 35.9 Å². The molecule has 6 atom stereocenters. The zero-order valence-corrected chi connectivity index (χ0v) is 21.2. The van der Waals surface area contributed by atoms with E-state index in [0.717, 1.165) is 37.7 Å². The normalized spacial score (nSPS) is 41.9. The van der Waals surface area contributed by atoms with E-state index in [1.54, 1.807) is 0 Å². The standard InChI is InChI=1S/C26H29NO3S.C2H6/c1-23(2)22-20(28)13-18-17-9-8-14-12-16-15-6-4-5-7-19(15)27-21(16)24(14,3)25(17,31)10-11-26(18,29-22)30-23;1-2/h4-7,13-14,17,22,27,31H,8-12H2,1-3H3;1-2H3/t14?,17?,22?,24-,25?,26?;/m1./s1. The number of thiol groups is 1. The van der Waals surface area contributed by atoms with Gasteiger partial charge in [0, 0.05) is 39.1 Å². The first kappa shape index (κ1) is 21.9. The summed E-state index contributed by atoms with van der Waals surface area (Å²) in [6.45, 7) is 10.4. The van der Waals surface area contributed by atoms with Crippen molar-refractivity contribution in [3.63, 3.8) is 0 Å². The molecule has 1 spiro atoms. The van der Waals surface area contributed by atoms with Gasteiger partial charge < -0.3 is 14.5 Å². The highest BCUT2D eigenvalue weighted by molar-refractivity contribution is 7.82. The Morgan fingerprint density at radius 2 is 1.85 bits per heavy atom. The molecule has 3 fully saturated rings. The van der Waals surface area contributed by atoms with Crippen molar-refractivity contribution in [2.45, 2.75) is 94.4 Å². The van der Waals surface area contributed by atoms with E-state index in [-0.39, 0.29) is 21.9 Å². The fourth-order valence-corrected chi connectivity index (χ4v) is 8.64. The minimum Gasteiger partial charge on any atom is -0.358 e. The lowest BCUT2D eigenvalue weighted by atomic mass is 9.51. The van der Waals surface area contributed by atoms with Crippen LogP contribution in [0.4, 0.5) is 0 Å². The third-order valence-corrected chi connectivity index (χ3v) is 10.5. The van der Waals surface area contributed by atoms with Gasteiger partial charge in [-0.15, -0.1) is 0 Å². The Balaban J connectivity index is 0.00000101. The molecular weight excluding hydrogens is 430 g/mol. The van der Waals surface area contributed by atoms with Gasteiger partial charge in [-0.3, -0.25) is 4.79 Å². The first-order chi connectivity index (χ1) is 15.7. The van der Waals surface area contributed by atoms with Crippen molar-refractivity contribution in [1.29, 1.82) is 0 Å². The fourth-order valence-electron chi connectivity index (χ4n) is 7.96. The molecule has 1 aromatic carbocycles. The summed E-state index contributed by atoms with van der Waals surface area (Å²) in [5.41, 5.74) is 4.43. The molecule has 176 valence electrons. The predicted molar refractivity (Wildman–Crippen MR) is 134 cm³/mol. The summed E-state index contributed by atoms with van der Waals surface area (Å²) >= 11 is 5.54. The van der Waals surface area contributed by atoms with Gasteiger partial charge in [0.25, 0.3) is 0 Å². The molecular formula is C28H35NO3S. The molecule has 2 aromatic rings. The monoisotopic (exact) mass is 465 g/mol. The summed E-state index contributed by atoms with van der Waals surface area (Å²) in [7, 11) is 0. The molecule has 3 aliphatic carbocycles. The van der Waals surface area contributed by atoms with Crippen LogP contribution >= 0.6 is 12.6 Å². The number of hydrogen-bond acceptors (Lipinski definition) is 4. The Bertz CT molecular complexity index is 1200. The predicted octanol–water partition coefficient (Wildman–Crippen LogP) is 5.90. The van der Waals surface area contributed by atoms with Crippen molar-refractivity contribution in [2.75, 3.05) is 0 Å². The van der Waals surface area contributed by atoms with Crippen molar-refractivity contribution < 1.29 is 14.3 Å². The average Bonchev–Trinajstić information content (AvgIpc) is 3.38. The van der Waals surface area contributed by atoms with E-state index in [1.165, 1.54) is 22.2 Å². The topological polar surface area (TPSA) is 51.3 Å². The van der Waals surface area contributed by atoms with Crippen LogP contribution < -0.4 is 0 Å². The maximum Gasteiger partial charge on any atom is 0.193 e. The number of para-hydroxylation sites is 1. The zero-order valence-electron chi connectivity index (χ0n) is 20.3. The van der Waals surface area contributed by atoms with Gasteiger partial charge in [-0.2, -0.15) is 12.6 Å². The van der Waals surface area contributed by atoms with E-state index < -0.39 is 17.5 Å². The highest BCUT2D eigenvalue weighted by atomic mass is 32.1. The second kappa shape index (κ2) is 6.77. The molecule has 3 heterocycles. The second-order valence-electron chi connectivity index (χ2n) is 11.1. The largest absolute Gasteiger partial charge is 0.358 e. The second-order valence-corrected chi connectivity index (χ2v) is 11.9. The lowest BCUT2D eigenvalue weighted by Crippen LogP contribution is -2.63. The molecule has 2 bridgehead atoms. The summed E-state index contributed by atoms with van der Waals surface area (Å²) in [5.74, 6) is 0.0395. The molecule has 0 radical (unpaired) electrons. The first-order valence-corrected chi connectivity index (χ1v) is 13.1. The van der Waals surface area contributed by atoms with Gasteiger partial charge >= 0.3 is 0 Å². The SMILES string of the molecule is CC.CC1(C)OC23CCC4(S)C(CCC5Cc6c([nH]c7ccccc67)[C@@]54C)C2=CC(=O)C1O3. The maximum absolute atomic E-state index is 13.0. The number of H-pyrrole nitrogens is 1. The smallest absolute Gasteiger partial charge is 0.193 e. The van der Waals surface area contributed by atoms with Crippen molar-refractivity contribution >= 4 is 29.3 Å². The number of aromatic amines is 1. The van der Waals surface area contributed by atoms with Gasteiger partial charge in [-0.25, -0.2) is 0 Å². The number of hydrogen-bond donors (Lipinski definition) is 2. The highest BCUT2D eigenvalue weighted by Crippen LogP contribution is 2.68. The van der Waals surface area contributed by atoms with E-state index in [0.29, 0.717) is 5.92 Å². The molecule has 33 heavy (non-hydrogen) atoms. The number of rotatable bonds is 0. The number of aromatic nitrogens is 1. The minimum atomic E-state index is -0.746. The Labute approximate surface area is 201 Å². The van der Waals surface area contributed by atoms with E-state index >= 15 is 0 Å². The van der Waals surface area contributed by atoms with Crippen LogP contribution in [0.25, 0.3) is 10.9 Å². The van der Waals surface area contributed by atoms with Crippen LogP contribution in [-0.2, 0) is 26.1 Å². The number of nitrogens with one attached hydrogen (secondary N) is 1. The van der Waals surface area contributed by atoms with Crippen molar-refractivity contribution in [1.82, 2.24) is 4.98 Å². The molecule has 2 aliphatic heterocycles. The van der Waals surface area contributed by atoms with E-state index in [4.69, 9.17) is 22.1 Å². The third-order valence-electron chi connectivity index (χ3n) is 9.45. The number of ketones is 1.